The second-order valence-corrected chi connectivity index (χ2v) is 4.75. The standard InChI is InChI=1S/C9H12N2O4S/c12-7-5-16-9(15)11(7)6-1-3-10(4-2-6)8(13)14/h6H,1-5H2,(H,13,14). The second-order valence-electron chi connectivity index (χ2n) is 3.82. The summed E-state index contributed by atoms with van der Waals surface area (Å²) in [6.45, 7) is 0.781. The smallest absolute Gasteiger partial charge is 0.407 e. The molecule has 0 aliphatic carbocycles. The Morgan fingerprint density at radius 3 is 2.38 bits per heavy atom. The van der Waals surface area contributed by atoms with Crippen molar-refractivity contribution in [2.75, 3.05) is 18.8 Å². The first-order valence-corrected chi connectivity index (χ1v) is 6.05. The normalized spacial score (nSPS) is 23.0. The van der Waals surface area contributed by atoms with Crippen LogP contribution < -0.4 is 0 Å². The molecule has 0 aromatic carbocycles. The maximum atomic E-state index is 11.5. The van der Waals surface area contributed by atoms with E-state index in [1.807, 2.05) is 0 Å². The van der Waals surface area contributed by atoms with Crippen molar-refractivity contribution in [2.24, 2.45) is 0 Å². The molecule has 88 valence electrons. The Morgan fingerprint density at radius 1 is 1.31 bits per heavy atom. The van der Waals surface area contributed by atoms with E-state index in [1.54, 1.807) is 0 Å². The van der Waals surface area contributed by atoms with E-state index >= 15 is 0 Å². The molecule has 3 amide bonds. The van der Waals surface area contributed by atoms with Gasteiger partial charge < -0.3 is 10.0 Å². The summed E-state index contributed by atoms with van der Waals surface area (Å²) in [5.41, 5.74) is 0. The quantitative estimate of drug-likeness (QED) is 0.739. The lowest BCUT2D eigenvalue weighted by molar-refractivity contribution is -0.126. The number of imide groups is 1. The summed E-state index contributed by atoms with van der Waals surface area (Å²) in [5.74, 6) is 0.0709. The zero-order valence-corrected chi connectivity index (χ0v) is 9.40. The van der Waals surface area contributed by atoms with E-state index in [0.29, 0.717) is 25.9 Å². The average molecular weight is 244 g/mol. The molecule has 0 saturated carbocycles. The molecule has 2 saturated heterocycles. The van der Waals surface area contributed by atoms with E-state index in [1.165, 1.54) is 9.80 Å². The first kappa shape index (κ1) is 11.3. The van der Waals surface area contributed by atoms with Gasteiger partial charge in [0.05, 0.1) is 5.75 Å². The highest BCUT2D eigenvalue weighted by molar-refractivity contribution is 8.14. The molecular formula is C9H12N2O4S. The Bertz CT molecular complexity index is 322. The van der Waals surface area contributed by atoms with Crippen molar-refractivity contribution in [1.29, 1.82) is 0 Å². The Labute approximate surface area is 96.6 Å². The lowest BCUT2D eigenvalue weighted by Gasteiger charge is -2.33. The van der Waals surface area contributed by atoms with Gasteiger partial charge in [-0.3, -0.25) is 14.5 Å². The van der Waals surface area contributed by atoms with Crippen LogP contribution in [0.3, 0.4) is 0 Å². The van der Waals surface area contributed by atoms with Gasteiger partial charge in [-0.25, -0.2) is 4.79 Å². The van der Waals surface area contributed by atoms with Crippen LogP contribution in [0.4, 0.5) is 9.59 Å². The third-order valence-electron chi connectivity index (χ3n) is 2.88. The highest BCUT2D eigenvalue weighted by atomic mass is 32.2. The number of likely N-dealkylation sites (tertiary alicyclic amines) is 1. The highest BCUT2D eigenvalue weighted by Crippen LogP contribution is 2.26. The molecule has 2 fully saturated rings. The van der Waals surface area contributed by atoms with E-state index in [-0.39, 0.29) is 22.9 Å². The van der Waals surface area contributed by atoms with Gasteiger partial charge in [0, 0.05) is 19.1 Å². The fourth-order valence-electron chi connectivity index (χ4n) is 2.03. The topological polar surface area (TPSA) is 77.9 Å². The Hall–Kier alpha value is -1.24. The molecule has 0 unspecified atom stereocenters. The third kappa shape index (κ3) is 1.99. The molecule has 2 aliphatic heterocycles. The summed E-state index contributed by atoms with van der Waals surface area (Å²) in [6, 6.07) is -0.120. The molecule has 0 atom stereocenters. The molecule has 0 spiro atoms. The number of amides is 3. The predicted molar refractivity (Wildman–Crippen MR) is 57.3 cm³/mol. The van der Waals surface area contributed by atoms with Crippen molar-refractivity contribution >= 4 is 29.0 Å². The van der Waals surface area contributed by atoms with Crippen molar-refractivity contribution in [1.82, 2.24) is 9.80 Å². The first-order valence-electron chi connectivity index (χ1n) is 5.06. The van der Waals surface area contributed by atoms with E-state index < -0.39 is 6.09 Å². The summed E-state index contributed by atoms with van der Waals surface area (Å²) in [6.07, 6.45) is 0.154. The molecule has 2 rings (SSSR count). The molecule has 2 heterocycles. The van der Waals surface area contributed by atoms with Crippen LogP contribution in [0.25, 0.3) is 0 Å². The van der Waals surface area contributed by atoms with E-state index in [4.69, 9.17) is 5.11 Å². The number of nitrogens with zero attached hydrogens (tertiary/aromatic N) is 2. The minimum absolute atomic E-state index is 0.120. The van der Waals surface area contributed by atoms with Gasteiger partial charge in [0.2, 0.25) is 5.91 Å². The van der Waals surface area contributed by atoms with Gasteiger partial charge in [-0.15, -0.1) is 0 Å². The van der Waals surface area contributed by atoms with Crippen molar-refractivity contribution in [2.45, 2.75) is 18.9 Å². The van der Waals surface area contributed by atoms with Gasteiger partial charge >= 0.3 is 6.09 Å². The van der Waals surface area contributed by atoms with Gasteiger partial charge in [-0.2, -0.15) is 0 Å². The van der Waals surface area contributed by atoms with Gasteiger partial charge in [0.1, 0.15) is 0 Å². The van der Waals surface area contributed by atoms with Gasteiger partial charge in [0.15, 0.2) is 0 Å². The minimum Gasteiger partial charge on any atom is -0.465 e. The zero-order chi connectivity index (χ0) is 11.7. The van der Waals surface area contributed by atoms with Gasteiger partial charge in [-0.1, -0.05) is 11.8 Å². The van der Waals surface area contributed by atoms with E-state index in [9.17, 15) is 14.4 Å². The summed E-state index contributed by atoms with van der Waals surface area (Å²) in [5, 5.41) is 8.57. The highest BCUT2D eigenvalue weighted by Gasteiger charge is 2.37. The monoisotopic (exact) mass is 244 g/mol. The number of hydrogen-bond acceptors (Lipinski definition) is 4. The number of carbonyl (C=O) groups is 3. The van der Waals surface area contributed by atoms with Crippen molar-refractivity contribution in [3.05, 3.63) is 0 Å². The Morgan fingerprint density at radius 2 is 1.94 bits per heavy atom. The van der Waals surface area contributed by atoms with Gasteiger partial charge in [0.25, 0.3) is 5.24 Å². The number of piperidine rings is 1. The number of thioether (sulfide) groups is 1. The third-order valence-corrected chi connectivity index (χ3v) is 3.72. The average Bonchev–Trinajstić information content (AvgIpc) is 2.59. The number of rotatable bonds is 1. The predicted octanol–water partition coefficient (Wildman–Crippen LogP) is 0.824. The van der Waals surface area contributed by atoms with Crippen LogP contribution in [0.2, 0.25) is 0 Å². The summed E-state index contributed by atoms with van der Waals surface area (Å²) >= 11 is 1.02. The van der Waals surface area contributed by atoms with Crippen molar-refractivity contribution in [3.63, 3.8) is 0 Å². The van der Waals surface area contributed by atoms with Crippen LogP contribution in [0.15, 0.2) is 0 Å². The SMILES string of the molecule is O=C(O)N1CCC(N2C(=O)CSC2=O)CC1. The molecule has 0 aromatic heterocycles. The molecule has 0 aromatic rings. The lowest BCUT2D eigenvalue weighted by Crippen LogP contribution is -2.48. The molecule has 7 heteroatoms. The molecule has 16 heavy (non-hydrogen) atoms. The molecular weight excluding hydrogens is 232 g/mol. The number of hydrogen-bond donors (Lipinski definition) is 1. The molecule has 0 radical (unpaired) electrons. The van der Waals surface area contributed by atoms with Crippen LogP contribution in [-0.4, -0.2) is 57.0 Å². The van der Waals surface area contributed by atoms with E-state index in [2.05, 4.69) is 0 Å². The Balaban J connectivity index is 1.96. The maximum absolute atomic E-state index is 11.5. The van der Waals surface area contributed by atoms with Crippen molar-refractivity contribution < 1.29 is 19.5 Å². The number of carboxylic acid groups (broad SMARTS) is 1. The van der Waals surface area contributed by atoms with Crippen LogP contribution in [-0.2, 0) is 4.79 Å². The fourth-order valence-corrected chi connectivity index (χ4v) is 2.81. The molecule has 0 bridgehead atoms. The molecule has 2 aliphatic rings. The molecule has 6 nitrogen and oxygen atoms in total. The van der Waals surface area contributed by atoms with Crippen LogP contribution in [0, 0.1) is 0 Å². The first-order chi connectivity index (χ1) is 7.59. The lowest BCUT2D eigenvalue weighted by atomic mass is 10.0. The minimum atomic E-state index is -0.938. The van der Waals surface area contributed by atoms with Crippen LogP contribution in [0.5, 0.6) is 0 Å². The molecule has 1 N–H and O–H groups in total. The summed E-state index contributed by atoms with van der Waals surface area (Å²) < 4.78 is 0. The van der Waals surface area contributed by atoms with Crippen LogP contribution >= 0.6 is 11.8 Å². The fraction of sp³-hybridized carbons (Fsp3) is 0.667. The van der Waals surface area contributed by atoms with Gasteiger partial charge in [-0.05, 0) is 12.8 Å². The second kappa shape index (κ2) is 4.32. The zero-order valence-electron chi connectivity index (χ0n) is 8.59. The van der Waals surface area contributed by atoms with E-state index in [0.717, 1.165) is 11.8 Å². The number of carbonyl (C=O) groups excluding carboxylic acids is 2. The summed E-state index contributed by atoms with van der Waals surface area (Å²) in [7, 11) is 0. The largest absolute Gasteiger partial charge is 0.465 e. The maximum Gasteiger partial charge on any atom is 0.407 e. The van der Waals surface area contributed by atoms with Crippen LogP contribution in [0.1, 0.15) is 12.8 Å². The summed E-state index contributed by atoms with van der Waals surface area (Å²) in [4.78, 5) is 36.2. The Kier molecular flexibility index (Phi) is 3.04. The van der Waals surface area contributed by atoms with Crippen molar-refractivity contribution in [3.8, 4) is 0 Å².